The Labute approximate surface area is 202 Å². The van der Waals surface area contributed by atoms with E-state index in [9.17, 15) is 9.90 Å². The first kappa shape index (κ1) is 25.0. The molecule has 34 heavy (non-hydrogen) atoms. The Hall–Kier alpha value is -3.66. The van der Waals surface area contributed by atoms with E-state index in [-0.39, 0.29) is 18.7 Å². The lowest BCUT2D eigenvalue weighted by Crippen LogP contribution is -2.24. The molecule has 4 rings (SSSR count). The predicted molar refractivity (Wildman–Crippen MR) is 140 cm³/mol. The van der Waals surface area contributed by atoms with Crippen LogP contribution in [0.15, 0.2) is 89.9 Å². The van der Waals surface area contributed by atoms with Crippen molar-refractivity contribution in [2.45, 2.75) is 47.1 Å². The molecule has 0 saturated carbocycles. The monoisotopic (exact) mass is 454 g/mol. The van der Waals surface area contributed by atoms with Crippen molar-refractivity contribution >= 4 is 0 Å². The Kier molecular flexibility index (Phi) is 8.42. The fourth-order valence-corrected chi connectivity index (χ4v) is 4.27. The van der Waals surface area contributed by atoms with Gasteiger partial charge in [-0.1, -0.05) is 81.9 Å². The molecule has 0 spiro atoms. The number of nitrogens with zero attached hydrogens (tertiary/aromatic N) is 2. The number of pyridine rings is 2. The van der Waals surface area contributed by atoms with Gasteiger partial charge in [0, 0.05) is 30.4 Å². The summed E-state index contributed by atoms with van der Waals surface area (Å²) >= 11 is 0. The van der Waals surface area contributed by atoms with E-state index in [0.29, 0.717) is 18.9 Å². The summed E-state index contributed by atoms with van der Waals surface area (Å²) in [6, 6.07) is 26.0. The predicted octanol–water partition coefficient (Wildman–Crippen LogP) is 6.28. The molecule has 4 aromatic rings. The number of hydrogen-bond donors (Lipinski definition) is 1. The Bertz CT molecular complexity index is 1260. The third kappa shape index (κ3) is 6.02. The Balaban J connectivity index is 0.00000324. The van der Waals surface area contributed by atoms with Crippen LogP contribution in [0.3, 0.4) is 0 Å². The largest absolute Gasteiger partial charge is 0.503 e. The van der Waals surface area contributed by atoms with Crippen LogP contribution in [0.1, 0.15) is 43.7 Å². The van der Waals surface area contributed by atoms with Crippen molar-refractivity contribution in [3.05, 3.63) is 118 Å². The molecular formula is C30H34N2O2. The zero-order valence-electron chi connectivity index (χ0n) is 19.2. The van der Waals surface area contributed by atoms with Crippen molar-refractivity contribution in [3.8, 4) is 17.0 Å². The number of benzene rings is 2. The molecule has 4 nitrogen and oxygen atoms in total. The van der Waals surface area contributed by atoms with Crippen LogP contribution < -0.4 is 5.56 Å². The molecule has 0 fully saturated rings. The molecule has 2 aromatic carbocycles. The zero-order chi connectivity index (χ0) is 23.2. The van der Waals surface area contributed by atoms with Gasteiger partial charge >= 0.3 is 0 Å². The van der Waals surface area contributed by atoms with Crippen LogP contribution in [0.25, 0.3) is 11.3 Å². The molecule has 0 saturated heterocycles. The third-order valence-electron chi connectivity index (χ3n) is 5.76. The summed E-state index contributed by atoms with van der Waals surface area (Å²) in [4.78, 5) is 17.7. The van der Waals surface area contributed by atoms with E-state index in [0.717, 1.165) is 40.9 Å². The minimum atomic E-state index is -0.352. The minimum Gasteiger partial charge on any atom is -0.503 e. The van der Waals surface area contributed by atoms with Gasteiger partial charge < -0.3 is 9.67 Å². The van der Waals surface area contributed by atoms with Gasteiger partial charge in [0.25, 0.3) is 5.56 Å². The second-order valence-electron chi connectivity index (χ2n) is 8.89. The second-order valence-corrected chi connectivity index (χ2v) is 8.89. The molecule has 0 bridgehead atoms. The smallest absolute Gasteiger partial charge is 0.293 e. The van der Waals surface area contributed by atoms with Crippen molar-refractivity contribution < 1.29 is 5.11 Å². The van der Waals surface area contributed by atoms with Gasteiger partial charge in [-0.15, -0.1) is 0 Å². The summed E-state index contributed by atoms with van der Waals surface area (Å²) in [6.45, 7) is 4.79. The van der Waals surface area contributed by atoms with E-state index >= 15 is 0 Å². The standard InChI is InChI=1S/C29H30N2O2.CH4/c1-21(2)17-25-20-27(32)29(33)31(16-14-22-9-5-3-6-10-22)28(25)24-13-15-30-26(19-24)18-23-11-7-4-8-12-23;/h3-13,15,19-21,32H,14,16-18H2,1-2H3;1H4. The third-order valence-corrected chi connectivity index (χ3v) is 5.76. The Morgan fingerprint density at radius 2 is 1.56 bits per heavy atom. The normalized spacial score (nSPS) is 10.8. The van der Waals surface area contributed by atoms with Crippen LogP contribution in [0.2, 0.25) is 0 Å². The van der Waals surface area contributed by atoms with Crippen molar-refractivity contribution in [2.75, 3.05) is 0 Å². The van der Waals surface area contributed by atoms with E-state index in [4.69, 9.17) is 0 Å². The molecule has 0 aliphatic rings. The fraction of sp³-hybridized carbons (Fsp3) is 0.267. The first-order valence-corrected chi connectivity index (χ1v) is 11.5. The van der Waals surface area contributed by atoms with Crippen LogP contribution in [0.5, 0.6) is 5.75 Å². The van der Waals surface area contributed by atoms with Gasteiger partial charge in [-0.05, 0) is 53.6 Å². The van der Waals surface area contributed by atoms with Gasteiger partial charge in [0.1, 0.15) is 0 Å². The molecular weight excluding hydrogens is 420 g/mol. The van der Waals surface area contributed by atoms with Gasteiger partial charge in [0.2, 0.25) is 0 Å². The zero-order valence-corrected chi connectivity index (χ0v) is 19.2. The van der Waals surface area contributed by atoms with Crippen LogP contribution in [-0.4, -0.2) is 14.7 Å². The highest BCUT2D eigenvalue weighted by atomic mass is 16.3. The van der Waals surface area contributed by atoms with E-state index < -0.39 is 0 Å². The number of hydrogen-bond acceptors (Lipinski definition) is 3. The molecule has 0 atom stereocenters. The molecule has 2 aromatic heterocycles. The van der Waals surface area contributed by atoms with Crippen molar-refractivity contribution in [2.24, 2.45) is 5.92 Å². The fourth-order valence-electron chi connectivity index (χ4n) is 4.27. The molecule has 176 valence electrons. The highest BCUT2D eigenvalue weighted by Crippen LogP contribution is 2.28. The van der Waals surface area contributed by atoms with Crippen LogP contribution in [0, 0.1) is 5.92 Å². The summed E-state index contributed by atoms with van der Waals surface area (Å²) < 4.78 is 1.74. The number of aromatic hydroxyl groups is 1. The second kappa shape index (κ2) is 11.5. The summed E-state index contributed by atoms with van der Waals surface area (Å²) in [5.41, 5.74) is 5.75. The van der Waals surface area contributed by atoms with Crippen LogP contribution in [-0.2, 0) is 25.8 Å². The minimum absolute atomic E-state index is 0. The van der Waals surface area contributed by atoms with E-state index in [2.05, 4.69) is 49.2 Å². The van der Waals surface area contributed by atoms with Gasteiger partial charge in [-0.2, -0.15) is 0 Å². The van der Waals surface area contributed by atoms with Crippen LogP contribution >= 0.6 is 0 Å². The quantitative estimate of drug-likeness (QED) is 0.341. The molecule has 4 heteroatoms. The highest BCUT2D eigenvalue weighted by molar-refractivity contribution is 5.65. The Morgan fingerprint density at radius 1 is 0.912 bits per heavy atom. The first-order valence-electron chi connectivity index (χ1n) is 11.5. The molecule has 0 aliphatic heterocycles. The van der Waals surface area contributed by atoms with Crippen molar-refractivity contribution in [1.29, 1.82) is 0 Å². The maximum Gasteiger partial charge on any atom is 0.293 e. The molecule has 0 radical (unpaired) electrons. The molecule has 0 aliphatic carbocycles. The summed E-state index contributed by atoms with van der Waals surface area (Å²) in [5, 5.41) is 10.5. The topological polar surface area (TPSA) is 55.1 Å². The summed E-state index contributed by atoms with van der Waals surface area (Å²) in [5.74, 6) is 0.190. The van der Waals surface area contributed by atoms with E-state index in [1.54, 1.807) is 10.6 Å². The maximum atomic E-state index is 13.1. The summed E-state index contributed by atoms with van der Waals surface area (Å²) in [7, 11) is 0. The lowest BCUT2D eigenvalue weighted by atomic mass is 9.96. The average Bonchev–Trinajstić information content (AvgIpc) is 2.81. The van der Waals surface area contributed by atoms with Gasteiger partial charge in [0.15, 0.2) is 5.75 Å². The van der Waals surface area contributed by atoms with Crippen LogP contribution in [0.4, 0.5) is 0 Å². The molecule has 0 unspecified atom stereocenters. The number of aryl methyl sites for hydroxylation is 1. The summed E-state index contributed by atoms with van der Waals surface area (Å²) in [6.07, 6.45) is 4.01. The molecule has 0 amide bonds. The van der Waals surface area contributed by atoms with E-state index in [1.807, 2.05) is 48.7 Å². The molecule has 1 N–H and O–H groups in total. The Morgan fingerprint density at radius 3 is 2.21 bits per heavy atom. The first-order chi connectivity index (χ1) is 16.0. The maximum absolute atomic E-state index is 13.1. The lowest BCUT2D eigenvalue weighted by Gasteiger charge is -2.20. The molecule has 2 heterocycles. The van der Waals surface area contributed by atoms with E-state index in [1.165, 1.54) is 5.56 Å². The van der Waals surface area contributed by atoms with Crippen molar-refractivity contribution in [3.63, 3.8) is 0 Å². The highest BCUT2D eigenvalue weighted by Gasteiger charge is 2.18. The van der Waals surface area contributed by atoms with Gasteiger partial charge in [-0.3, -0.25) is 9.78 Å². The van der Waals surface area contributed by atoms with Gasteiger partial charge in [0.05, 0.1) is 5.69 Å². The number of aromatic nitrogens is 2. The number of rotatable bonds is 8. The lowest BCUT2D eigenvalue weighted by molar-refractivity contribution is 0.455. The average molecular weight is 455 g/mol. The SMILES string of the molecule is C.CC(C)Cc1cc(O)c(=O)n(CCc2ccccc2)c1-c1ccnc(Cc2ccccc2)c1. The van der Waals surface area contributed by atoms with Gasteiger partial charge in [-0.25, -0.2) is 0 Å². The van der Waals surface area contributed by atoms with Crippen molar-refractivity contribution in [1.82, 2.24) is 9.55 Å².